The van der Waals surface area contributed by atoms with Gasteiger partial charge in [0.2, 0.25) is 0 Å². The van der Waals surface area contributed by atoms with Crippen molar-refractivity contribution < 1.29 is 10.2 Å². The molecule has 3 unspecified atom stereocenters. The maximum atomic E-state index is 10.4. The third-order valence-electron chi connectivity index (χ3n) is 7.46. The van der Waals surface area contributed by atoms with Crippen molar-refractivity contribution in [3.05, 3.63) is 23.3 Å². The molecular weight excluding hydrogens is 260 g/mol. The van der Waals surface area contributed by atoms with Gasteiger partial charge in [0.05, 0.1) is 12.2 Å². The van der Waals surface area contributed by atoms with Gasteiger partial charge in [0.1, 0.15) is 0 Å². The Labute approximate surface area is 127 Å². The minimum atomic E-state index is -0.243. The number of hydrogen-bond donors (Lipinski definition) is 2. The molecular formula is C19H28O2. The van der Waals surface area contributed by atoms with Crippen LogP contribution in [-0.2, 0) is 0 Å². The highest BCUT2D eigenvalue weighted by Gasteiger charge is 2.54. The van der Waals surface area contributed by atoms with Gasteiger partial charge < -0.3 is 10.2 Å². The number of aliphatic hydroxyl groups excluding tert-OH is 2. The Morgan fingerprint density at radius 1 is 1.10 bits per heavy atom. The quantitative estimate of drug-likeness (QED) is 0.669. The molecule has 116 valence electrons. The van der Waals surface area contributed by atoms with Crippen molar-refractivity contribution in [1.82, 2.24) is 0 Å². The smallest absolute Gasteiger partial charge is 0.0724 e. The summed E-state index contributed by atoms with van der Waals surface area (Å²) in [5.41, 5.74) is 3.64. The largest absolute Gasteiger partial charge is 0.393 e. The zero-order valence-electron chi connectivity index (χ0n) is 13.3. The predicted octanol–water partition coefficient (Wildman–Crippen LogP) is 3.59. The molecule has 0 aromatic carbocycles. The first-order valence-corrected chi connectivity index (χ1v) is 8.73. The van der Waals surface area contributed by atoms with Gasteiger partial charge in [-0.1, -0.05) is 37.1 Å². The lowest BCUT2D eigenvalue weighted by atomic mass is 9.53. The highest BCUT2D eigenvalue weighted by Crippen LogP contribution is 2.62. The number of rotatable bonds is 0. The van der Waals surface area contributed by atoms with Crippen LogP contribution in [0.4, 0.5) is 0 Å². The van der Waals surface area contributed by atoms with Crippen LogP contribution in [0.5, 0.6) is 0 Å². The van der Waals surface area contributed by atoms with E-state index in [1.165, 1.54) is 19.3 Å². The molecule has 2 nitrogen and oxygen atoms in total. The fourth-order valence-electron chi connectivity index (χ4n) is 5.99. The van der Waals surface area contributed by atoms with Gasteiger partial charge in [-0.15, -0.1) is 0 Å². The summed E-state index contributed by atoms with van der Waals surface area (Å²) in [5, 5.41) is 20.4. The number of allylic oxidation sites excluding steroid dienone is 3. The minimum absolute atomic E-state index is 0.106. The molecule has 4 aliphatic rings. The van der Waals surface area contributed by atoms with Gasteiger partial charge in [0.25, 0.3) is 0 Å². The molecule has 0 saturated heterocycles. The zero-order valence-corrected chi connectivity index (χ0v) is 13.3. The lowest BCUT2D eigenvalue weighted by Crippen LogP contribution is -2.44. The molecule has 0 aromatic heterocycles. The molecule has 0 spiro atoms. The van der Waals surface area contributed by atoms with E-state index >= 15 is 0 Å². The molecule has 0 heterocycles. The van der Waals surface area contributed by atoms with Gasteiger partial charge in [-0.2, -0.15) is 0 Å². The first-order chi connectivity index (χ1) is 9.95. The molecule has 0 amide bonds. The molecule has 0 radical (unpaired) electrons. The molecule has 2 N–H and O–H groups in total. The van der Waals surface area contributed by atoms with Crippen LogP contribution in [0.3, 0.4) is 0 Å². The molecule has 21 heavy (non-hydrogen) atoms. The van der Waals surface area contributed by atoms with Crippen molar-refractivity contribution in [2.24, 2.45) is 22.7 Å². The second kappa shape index (κ2) is 4.45. The lowest BCUT2D eigenvalue weighted by molar-refractivity contribution is 0.0266. The maximum absolute atomic E-state index is 10.4. The van der Waals surface area contributed by atoms with Crippen LogP contribution in [0, 0.1) is 22.7 Å². The summed E-state index contributed by atoms with van der Waals surface area (Å²) in [6, 6.07) is 0. The van der Waals surface area contributed by atoms with Gasteiger partial charge in [-0.25, -0.2) is 0 Å². The summed E-state index contributed by atoms with van der Waals surface area (Å²) in [7, 11) is 0. The van der Waals surface area contributed by atoms with Crippen LogP contribution in [0.1, 0.15) is 58.8 Å². The van der Waals surface area contributed by atoms with E-state index in [0.29, 0.717) is 11.8 Å². The molecule has 2 heteroatoms. The minimum Gasteiger partial charge on any atom is -0.393 e. The third-order valence-corrected chi connectivity index (χ3v) is 7.46. The fourth-order valence-corrected chi connectivity index (χ4v) is 5.99. The Bertz CT molecular complexity index is 520. The van der Waals surface area contributed by atoms with Crippen LogP contribution in [0.2, 0.25) is 0 Å². The van der Waals surface area contributed by atoms with Crippen molar-refractivity contribution in [1.29, 1.82) is 0 Å². The van der Waals surface area contributed by atoms with Crippen LogP contribution >= 0.6 is 0 Å². The van der Waals surface area contributed by atoms with Crippen molar-refractivity contribution in [3.63, 3.8) is 0 Å². The summed E-state index contributed by atoms with van der Waals surface area (Å²) in [6.45, 7) is 4.70. The van der Waals surface area contributed by atoms with Gasteiger partial charge in [-0.05, 0) is 56.8 Å². The molecule has 0 bridgehead atoms. The van der Waals surface area contributed by atoms with E-state index in [9.17, 15) is 10.2 Å². The zero-order chi connectivity index (χ0) is 14.8. The lowest BCUT2D eigenvalue weighted by Gasteiger charge is -2.52. The average molecular weight is 288 g/mol. The average Bonchev–Trinajstić information content (AvgIpc) is 2.76. The van der Waals surface area contributed by atoms with Crippen molar-refractivity contribution in [3.8, 4) is 0 Å². The summed E-state index contributed by atoms with van der Waals surface area (Å²) >= 11 is 0. The molecule has 4 rings (SSSR count). The second-order valence-electron chi connectivity index (χ2n) is 8.34. The molecule has 0 aromatic rings. The van der Waals surface area contributed by atoms with E-state index in [-0.39, 0.29) is 23.0 Å². The summed E-state index contributed by atoms with van der Waals surface area (Å²) in [4.78, 5) is 0. The van der Waals surface area contributed by atoms with Crippen LogP contribution in [-0.4, -0.2) is 22.4 Å². The van der Waals surface area contributed by atoms with E-state index in [1.54, 1.807) is 11.1 Å². The highest BCUT2D eigenvalue weighted by atomic mass is 16.3. The van der Waals surface area contributed by atoms with Crippen LogP contribution in [0.25, 0.3) is 0 Å². The van der Waals surface area contributed by atoms with Gasteiger partial charge in [0.15, 0.2) is 0 Å². The van der Waals surface area contributed by atoms with E-state index in [0.717, 1.165) is 25.7 Å². The Balaban J connectivity index is 1.78. The molecule has 4 aliphatic carbocycles. The number of hydrogen-bond acceptors (Lipinski definition) is 2. The Morgan fingerprint density at radius 3 is 2.71 bits per heavy atom. The summed E-state index contributed by atoms with van der Waals surface area (Å²) in [6.07, 6.45) is 11.7. The number of fused-ring (bicyclic) bond motifs is 4. The standard InChI is InChI=1S/C19H28O2/c1-18-9-7-13(20)11-12(18)3-4-14-15-5-6-17(21)19(15,2)10-8-16(14)18/h7,9,12-13,15,17,20-21H,3-6,8,10-11H2,1-2H3/t12?,13?,15-,17?,18-,19-/m0/s1. The van der Waals surface area contributed by atoms with E-state index < -0.39 is 0 Å². The van der Waals surface area contributed by atoms with Crippen molar-refractivity contribution in [2.45, 2.75) is 71.0 Å². The predicted molar refractivity (Wildman–Crippen MR) is 83.7 cm³/mol. The molecule has 1 saturated carbocycles. The Morgan fingerprint density at radius 2 is 1.90 bits per heavy atom. The van der Waals surface area contributed by atoms with Crippen LogP contribution in [0.15, 0.2) is 23.3 Å². The fraction of sp³-hybridized carbons (Fsp3) is 0.789. The van der Waals surface area contributed by atoms with Crippen molar-refractivity contribution >= 4 is 0 Å². The first-order valence-electron chi connectivity index (χ1n) is 8.73. The number of aliphatic hydroxyl groups is 2. The van der Waals surface area contributed by atoms with E-state index in [4.69, 9.17) is 0 Å². The summed E-state index contributed by atoms with van der Waals surface area (Å²) in [5.74, 6) is 1.21. The van der Waals surface area contributed by atoms with E-state index in [1.807, 2.05) is 6.08 Å². The van der Waals surface area contributed by atoms with Crippen molar-refractivity contribution in [2.75, 3.05) is 0 Å². The Kier molecular flexibility index (Phi) is 2.97. The summed E-state index contributed by atoms with van der Waals surface area (Å²) < 4.78 is 0. The van der Waals surface area contributed by atoms with Crippen LogP contribution < -0.4 is 0 Å². The third kappa shape index (κ3) is 1.78. The van der Waals surface area contributed by atoms with Gasteiger partial charge in [0, 0.05) is 10.8 Å². The highest BCUT2D eigenvalue weighted by molar-refractivity contribution is 5.38. The normalized spacial score (nSPS) is 52.4. The topological polar surface area (TPSA) is 40.5 Å². The SMILES string of the molecule is C[C@]12C=CC(O)CC1CCC1=C2CC[C@]2(C)C(O)CC[C@@H]12. The van der Waals surface area contributed by atoms with E-state index in [2.05, 4.69) is 19.9 Å². The molecule has 0 aliphatic heterocycles. The van der Waals surface area contributed by atoms with Gasteiger partial charge >= 0.3 is 0 Å². The first kappa shape index (κ1) is 14.0. The van der Waals surface area contributed by atoms with Gasteiger partial charge in [-0.3, -0.25) is 0 Å². The maximum Gasteiger partial charge on any atom is 0.0724 e. The second-order valence-corrected chi connectivity index (χ2v) is 8.34. The Hall–Kier alpha value is -0.600. The molecule has 6 atom stereocenters. The molecule has 1 fully saturated rings. The monoisotopic (exact) mass is 288 g/mol.